The first-order valence-corrected chi connectivity index (χ1v) is 5.68. The molecule has 7 nitrogen and oxygen atoms in total. The molecular formula is C8H13N2O5Se. The van der Waals surface area contributed by atoms with Gasteiger partial charge < -0.3 is 0 Å². The maximum atomic E-state index is 11.2. The number of carbonyl (C=O) groups excluding carboxylic acids is 1. The summed E-state index contributed by atoms with van der Waals surface area (Å²) in [7, 11) is 0. The average Bonchev–Trinajstić information content (AvgIpc) is 2.21. The van der Waals surface area contributed by atoms with E-state index in [1.807, 2.05) is 0 Å². The third-order valence-electron chi connectivity index (χ3n) is 1.80. The molecule has 5 N–H and O–H groups in total. The summed E-state index contributed by atoms with van der Waals surface area (Å²) in [5.74, 6) is -2.86. The van der Waals surface area contributed by atoms with Crippen LogP contribution in [0.2, 0.25) is 5.32 Å². The van der Waals surface area contributed by atoms with Crippen molar-refractivity contribution < 1.29 is 24.6 Å². The molecule has 0 saturated carbocycles. The third kappa shape index (κ3) is 5.69. The predicted octanol–water partition coefficient (Wildman–Crippen LogP) is -1.67. The first kappa shape index (κ1) is 14.9. The third-order valence-corrected chi connectivity index (χ3v) is 2.50. The van der Waals surface area contributed by atoms with Gasteiger partial charge in [0.2, 0.25) is 0 Å². The van der Waals surface area contributed by atoms with E-state index in [1.54, 1.807) is 0 Å². The molecule has 0 aliphatic heterocycles. The fraction of sp³-hybridized carbons (Fsp3) is 0.625. The van der Waals surface area contributed by atoms with Crippen LogP contribution < -0.4 is 11.1 Å². The summed E-state index contributed by atoms with van der Waals surface area (Å²) in [5.41, 5.74) is 5.19. The molecule has 0 aliphatic rings. The zero-order valence-corrected chi connectivity index (χ0v) is 10.1. The molecule has 0 bridgehead atoms. The SMILES string of the molecule is N[C@@H](CCC(=O)N[C@@H](C[Se])C(=O)O)C(=O)O. The first-order chi connectivity index (χ1) is 7.38. The number of amides is 1. The number of carbonyl (C=O) groups is 3. The van der Waals surface area contributed by atoms with Gasteiger partial charge in [0.05, 0.1) is 0 Å². The van der Waals surface area contributed by atoms with Crippen LogP contribution in [-0.2, 0) is 14.4 Å². The van der Waals surface area contributed by atoms with Crippen LogP contribution in [0.4, 0.5) is 0 Å². The Morgan fingerprint density at radius 3 is 2.19 bits per heavy atom. The van der Waals surface area contributed by atoms with Crippen LogP contribution in [0, 0.1) is 0 Å². The van der Waals surface area contributed by atoms with Crippen LogP contribution in [-0.4, -0.2) is 56.2 Å². The molecule has 8 heteroatoms. The molecule has 1 radical (unpaired) electrons. The second-order valence-corrected chi connectivity index (χ2v) is 3.81. The molecule has 0 aromatic carbocycles. The van der Waals surface area contributed by atoms with Crippen LogP contribution in [0.1, 0.15) is 12.8 Å². The van der Waals surface area contributed by atoms with Crippen molar-refractivity contribution in [2.45, 2.75) is 30.2 Å². The molecule has 91 valence electrons. The Kier molecular flexibility index (Phi) is 6.71. The number of carboxylic acids is 2. The number of nitrogens with two attached hydrogens (primary N) is 1. The standard InChI is InChI=1S/C8H13N2O5Se/c9-4(7(12)13)1-2-6(11)10-5(3-16)8(14)15/h4-5H,1-3,9H2,(H,10,11)(H,12,13)(H,14,15)/t4-,5-/m0/s1. The van der Waals surface area contributed by atoms with E-state index in [-0.39, 0.29) is 18.2 Å². The minimum absolute atomic E-state index is 0.0269. The summed E-state index contributed by atoms with van der Waals surface area (Å²) in [6, 6.07) is -2.10. The van der Waals surface area contributed by atoms with E-state index < -0.39 is 29.9 Å². The van der Waals surface area contributed by atoms with E-state index in [2.05, 4.69) is 21.3 Å². The number of aliphatic carboxylic acids is 2. The zero-order chi connectivity index (χ0) is 12.7. The van der Waals surface area contributed by atoms with E-state index in [1.165, 1.54) is 0 Å². The van der Waals surface area contributed by atoms with Crippen LogP contribution in [0.15, 0.2) is 0 Å². The monoisotopic (exact) mass is 297 g/mol. The summed E-state index contributed by atoms with van der Waals surface area (Å²) in [4.78, 5) is 32.1. The number of nitrogens with one attached hydrogen (secondary N) is 1. The predicted molar refractivity (Wildman–Crippen MR) is 55.0 cm³/mol. The van der Waals surface area contributed by atoms with Crippen molar-refractivity contribution in [3.63, 3.8) is 0 Å². The molecule has 16 heavy (non-hydrogen) atoms. The Balaban J connectivity index is 3.99. The molecule has 0 spiro atoms. The summed E-state index contributed by atoms with van der Waals surface area (Å²) < 4.78 is 0. The molecule has 0 saturated heterocycles. The van der Waals surface area contributed by atoms with E-state index in [9.17, 15) is 14.4 Å². The second-order valence-electron chi connectivity index (χ2n) is 3.11. The van der Waals surface area contributed by atoms with Gasteiger partial charge in [-0.3, -0.25) is 0 Å². The summed E-state index contributed by atoms with van der Waals surface area (Å²) in [5, 5.41) is 19.5. The Morgan fingerprint density at radius 1 is 1.25 bits per heavy atom. The number of hydrogen-bond acceptors (Lipinski definition) is 4. The van der Waals surface area contributed by atoms with Crippen LogP contribution in [0.25, 0.3) is 0 Å². The number of rotatable bonds is 7. The van der Waals surface area contributed by atoms with Crippen molar-refractivity contribution in [3.05, 3.63) is 0 Å². The van der Waals surface area contributed by atoms with Crippen LogP contribution >= 0.6 is 0 Å². The van der Waals surface area contributed by atoms with Crippen LogP contribution in [0.5, 0.6) is 0 Å². The normalized spacial score (nSPS) is 13.9. The van der Waals surface area contributed by atoms with E-state index in [0.717, 1.165) is 0 Å². The fourth-order valence-electron chi connectivity index (χ4n) is 0.851. The molecule has 0 rings (SSSR count). The van der Waals surface area contributed by atoms with E-state index in [4.69, 9.17) is 15.9 Å². The average molecular weight is 296 g/mol. The maximum absolute atomic E-state index is 11.2. The van der Waals surface area contributed by atoms with Crippen LogP contribution in [0.3, 0.4) is 0 Å². The molecular weight excluding hydrogens is 283 g/mol. The van der Waals surface area contributed by atoms with Gasteiger partial charge in [-0.2, -0.15) is 0 Å². The quantitative estimate of drug-likeness (QED) is 0.416. The van der Waals surface area contributed by atoms with Crippen molar-refractivity contribution in [3.8, 4) is 0 Å². The topological polar surface area (TPSA) is 130 Å². The fourth-order valence-corrected chi connectivity index (χ4v) is 1.33. The van der Waals surface area contributed by atoms with Gasteiger partial charge in [-0.25, -0.2) is 0 Å². The summed E-state index contributed by atoms with van der Waals surface area (Å²) in [6.45, 7) is 0. The summed E-state index contributed by atoms with van der Waals surface area (Å²) in [6.07, 6.45) is -0.141. The van der Waals surface area contributed by atoms with Gasteiger partial charge >= 0.3 is 99.8 Å². The molecule has 0 fully saturated rings. The minimum atomic E-state index is -1.19. The molecule has 0 aromatic rings. The molecule has 0 aromatic heterocycles. The van der Waals surface area contributed by atoms with Crippen molar-refractivity contribution >= 4 is 33.9 Å². The van der Waals surface area contributed by atoms with Crippen molar-refractivity contribution in [1.82, 2.24) is 5.32 Å². The Hall–Kier alpha value is -1.11. The van der Waals surface area contributed by atoms with Crippen molar-refractivity contribution in [1.29, 1.82) is 0 Å². The first-order valence-electron chi connectivity index (χ1n) is 4.47. The van der Waals surface area contributed by atoms with Gasteiger partial charge in [-0.05, 0) is 0 Å². The van der Waals surface area contributed by atoms with Gasteiger partial charge in [0.25, 0.3) is 0 Å². The van der Waals surface area contributed by atoms with Gasteiger partial charge in [0, 0.05) is 0 Å². The zero-order valence-electron chi connectivity index (χ0n) is 8.38. The number of hydrogen-bond donors (Lipinski definition) is 4. The molecule has 0 unspecified atom stereocenters. The van der Waals surface area contributed by atoms with Gasteiger partial charge in [0.1, 0.15) is 0 Å². The molecule has 0 aliphatic carbocycles. The molecule has 1 amide bonds. The molecule has 2 atom stereocenters. The Labute approximate surface area is 100 Å². The van der Waals surface area contributed by atoms with Crippen molar-refractivity contribution in [2.75, 3.05) is 0 Å². The van der Waals surface area contributed by atoms with Gasteiger partial charge in [-0.1, -0.05) is 0 Å². The van der Waals surface area contributed by atoms with E-state index in [0.29, 0.717) is 0 Å². The summed E-state index contributed by atoms with van der Waals surface area (Å²) >= 11 is 2.50. The van der Waals surface area contributed by atoms with Gasteiger partial charge in [0.15, 0.2) is 0 Å². The molecule has 0 heterocycles. The van der Waals surface area contributed by atoms with Crippen molar-refractivity contribution in [2.24, 2.45) is 5.73 Å². The Morgan fingerprint density at radius 2 is 1.81 bits per heavy atom. The van der Waals surface area contributed by atoms with Gasteiger partial charge in [-0.15, -0.1) is 0 Å². The number of carboxylic acid groups (broad SMARTS) is 2. The Bertz CT molecular complexity index is 284. The second kappa shape index (κ2) is 7.21. The van der Waals surface area contributed by atoms with E-state index >= 15 is 0 Å².